The Labute approximate surface area is 175 Å². The van der Waals surface area contributed by atoms with Crippen LogP contribution in [0.4, 0.5) is 18.9 Å². The van der Waals surface area contributed by atoms with Crippen LogP contribution in [-0.2, 0) is 15.7 Å². The summed E-state index contributed by atoms with van der Waals surface area (Å²) >= 11 is 5.54. The van der Waals surface area contributed by atoms with Gasteiger partial charge in [0.25, 0.3) is 5.91 Å². The molecular weight excluding hydrogens is 419 g/mol. The zero-order chi connectivity index (χ0) is 21.7. The van der Waals surface area contributed by atoms with Gasteiger partial charge >= 0.3 is 12.1 Å². The Morgan fingerprint density at radius 1 is 0.900 bits per heavy atom. The van der Waals surface area contributed by atoms with Crippen molar-refractivity contribution in [2.45, 2.75) is 6.18 Å². The number of halogens is 4. The number of ether oxygens (including phenoxy) is 1. The zero-order valence-electron chi connectivity index (χ0n) is 15.4. The Hall–Kier alpha value is -3.32. The van der Waals surface area contributed by atoms with Crippen LogP contribution in [0.25, 0.3) is 11.1 Å². The van der Waals surface area contributed by atoms with Gasteiger partial charge in [0.15, 0.2) is 6.61 Å². The van der Waals surface area contributed by atoms with E-state index in [2.05, 4.69) is 5.32 Å². The van der Waals surface area contributed by atoms with E-state index in [1.165, 1.54) is 6.07 Å². The summed E-state index contributed by atoms with van der Waals surface area (Å²) in [6.07, 6.45) is -4.66. The van der Waals surface area contributed by atoms with E-state index in [4.69, 9.17) is 16.3 Å². The van der Waals surface area contributed by atoms with Gasteiger partial charge in [0.2, 0.25) is 0 Å². The second-order valence-corrected chi connectivity index (χ2v) is 6.67. The molecular formula is C22H15ClF3NO3. The lowest BCUT2D eigenvalue weighted by Gasteiger charge is -2.12. The third-order valence-electron chi connectivity index (χ3n) is 4.12. The number of hydrogen-bond acceptors (Lipinski definition) is 3. The first-order chi connectivity index (χ1) is 14.2. The quantitative estimate of drug-likeness (QED) is 0.516. The van der Waals surface area contributed by atoms with Gasteiger partial charge in [-0.05, 0) is 41.5 Å². The number of nitrogens with one attached hydrogen (secondary N) is 1. The predicted octanol–water partition coefficient (Wildman–Crippen LogP) is 5.82. The van der Waals surface area contributed by atoms with Crippen LogP contribution in [0.3, 0.4) is 0 Å². The molecule has 8 heteroatoms. The lowest BCUT2D eigenvalue weighted by atomic mass is 10.0. The molecule has 0 atom stereocenters. The van der Waals surface area contributed by atoms with Gasteiger partial charge < -0.3 is 10.1 Å². The summed E-state index contributed by atoms with van der Waals surface area (Å²) in [5, 5.41) is 1.76. The Bertz CT molecular complexity index is 1050. The van der Waals surface area contributed by atoms with Crippen molar-refractivity contribution in [3.8, 4) is 11.1 Å². The minimum absolute atomic E-state index is 0.111. The maximum Gasteiger partial charge on any atom is 0.417 e. The second-order valence-electron chi connectivity index (χ2n) is 6.26. The monoisotopic (exact) mass is 433 g/mol. The first-order valence-corrected chi connectivity index (χ1v) is 9.11. The van der Waals surface area contributed by atoms with Crippen molar-refractivity contribution in [3.05, 3.63) is 88.9 Å². The van der Waals surface area contributed by atoms with Crippen molar-refractivity contribution in [1.82, 2.24) is 0 Å². The number of esters is 1. The highest BCUT2D eigenvalue weighted by Crippen LogP contribution is 2.36. The SMILES string of the molecule is O=C(COC(=O)c1ccc(-c2ccccc2)cc1)Nc1ccc(Cl)c(C(F)(F)F)c1. The predicted molar refractivity (Wildman–Crippen MR) is 107 cm³/mol. The molecule has 0 bridgehead atoms. The number of carbonyl (C=O) groups excluding carboxylic acids is 2. The molecule has 154 valence electrons. The molecule has 0 aliphatic carbocycles. The van der Waals surface area contributed by atoms with Gasteiger partial charge in [-0.1, -0.05) is 54.1 Å². The molecule has 0 aliphatic heterocycles. The zero-order valence-corrected chi connectivity index (χ0v) is 16.1. The Morgan fingerprint density at radius 2 is 1.53 bits per heavy atom. The normalized spacial score (nSPS) is 11.1. The number of hydrogen-bond donors (Lipinski definition) is 1. The van der Waals surface area contributed by atoms with E-state index in [-0.39, 0.29) is 11.3 Å². The Morgan fingerprint density at radius 3 is 2.17 bits per heavy atom. The van der Waals surface area contributed by atoms with Crippen molar-refractivity contribution in [2.24, 2.45) is 0 Å². The number of anilines is 1. The van der Waals surface area contributed by atoms with Crippen molar-refractivity contribution in [1.29, 1.82) is 0 Å². The Kier molecular flexibility index (Phi) is 6.42. The highest BCUT2D eigenvalue weighted by Gasteiger charge is 2.33. The van der Waals surface area contributed by atoms with Gasteiger partial charge in [-0.2, -0.15) is 13.2 Å². The van der Waals surface area contributed by atoms with Crippen LogP contribution in [0.1, 0.15) is 15.9 Å². The maximum absolute atomic E-state index is 12.9. The molecule has 30 heavy (non-hydrogen) atoms. The summed E-state index contributed by atoms with van der Waals surface area (Å²) in [5.74, 6) is -1.50. The molecule has 0 saturated carbocycles. The van der Waals surface area contributed by atoms with E-state index >= 15 is 0 Å². The lowest BCUT2D eigenvalue weighted by molar-refractivity contribution is -0.137. The molecule has 1 N–H and O–H groups in total. The molecule has 4 nitrogen and oxygen atoms in total. The molecule has 0 aromatic heterocycles. The van der Waals surface area contributed by atoms with Crippen LogP contribution in [0.5, 0.6) is 0 Å². The third-order valence-corrected chi connectivity index (χ3v) is 4.45. The minimum atomic E-state index is -4.66. The first kappa shape index (κ1) is 21.4. The fourth-order valence-corrected chi connectivity index (χ4v) is 2.89. The largest absolute Gasteiger partial charge is 0.452 e. The van der Waals surface area contributed by atoms with Gasteiger partial charge in [0.05, 0.1) is 16.1 Å². The van der Waals surface area contributed by atoms with E-state index in [0.717, 1.165) is 17.2 Å². The first-order valence-electron chi connectivity index (χ1n) is 8.73. The van der Waals surface area contributed by atoms with E-state index < -0.39 is 35.2 Å². The van der Waals surface area contributed by atoms with Crippen molar-refractivity contribution >= 4 is 29.2 Å². The highest BCUT2D eigenvalue weighted by molar-refractivity contribution is 6.31. The van der Waals surface area contributed by atoms with Gasteiger partial charge in [-0.15, -0.1) is 0 Å². The fourth-order valence-electron chi connectivity index (χ4n) is 2.66. The smallest absolute Gasteiger partial charge is 0.417 e. The standard InChI is InChI=1S/C22H15ClF3NO3/c23-19-11-10-17(12-18(19)22(24,25)26)27-20(28)13-30-21(29)16-8-6-15(7-9-16)14-4-2-1-3-5-14/h1-12H,13H2,(H,27,28). The molecule has 0 saturated heterocycles. The van der Waals surface area contributed by atoms with Crippen molar-refractivity contribution in [2.75, 3.05) is 11.9 Å². The molecule has 0 spiro atoms. The molecule has 3 rings (SSSR count). The number of rotatable bonds is 5. The number of amides is 1. The Balaban J connectivity index is 1.58. The summed E-state index contributed by atoms with van der Waals surface area (Å²) in [6.45, 7) is -0.650. The topological polar surface area (TPSA) is 55.4 Å². The van der Waals surface area contributed by atoms with E-state index in [9.17, 15) is 22.8 Å². The van der Waals surface area contributed by atoms with Crippen molar-refractivity contribution in [3.63, 3.8) is 0 Å². The van der Waals surface area contributed by atoms with E-state index in [0.29, 0.717) is 6.07 Å². The molecule has 3 aromatic carbocycles. The van der Waals surface area contributed by atoms with Crippen LogP contribution >= 0.6 is 11.6 Å². The van der Waals surface area contributed by atoms with Gasteiger partial charge in [0, 0.05) is 5.69 Å². The minimum Gasteiger partial charge on any atom is -0.452 e. The van der Waals surface area contributed by atoms with Crippen LogP contribution in [0.2, 0.25) is 5.02 Å². The average Bonchev–Trinajstić information content (AvgIpc) is 2.73. The van der Waals surface area contributed by atoms with Crippen LogP contribution < -0.4 is 5.32 Å². The fraction of sp³-hybridized carbons (Fsp3) is 0.0909. The van der Waals surface area contributed by atoms with E-state index in [1.807, 2.05) is 30.3 Å². The summed E-state index contributed by atoms with van der Waals surface area (Å²) in [7, 11) is 0. The molecule has 0 unspecified atom stereocenters. The van der Waals surface area contributed by atoms with Gasteiger partial charge in [-0.25, -0.2) is 4.79 Å². The highest BCUT2D eigenvalue weighted by atomic mass is 35.5. The lowest BCUT2D eigenvalue weighted by Crippen LogP contribution is -2.21. The molecule has 0 heterocycles. The van der Waals surface area contributed by atoms with Gasteiger partial charge in [-0.3, -0.25) is 4.79 Å². The van der Waals surface area contributed by atoms with Crippen molar-refractivity contribution < 1.29 is 27.5 Å². The van der Waals surface area contributed by atoms with E-state index in [1.54, 1.807) is 24.3 Å². The maximum atomic E-state index is 12.9. The second kappa shape index (κ2) is 9.00. The summed E-state index contributed by atoms with van der Waals surface area (Å²) in [5.41, 5.74) is 0.955. The summed E-state index contributed by atoms with van der Waals surface area (Å²) in [4.78, 5) is 24.0. The molecule has 3 aromatic rings. The summed E-state index contributed by atoms with van der Waals surface area (Å²) < 4.78 is 43.6. The average molecular weight is 434 g/mol. The number of benzene rings is 3. The summed E-state index contributed by atoms with van der Waals surface area (Å²) in [6, 6.07) is 19.1. The van der Waals surface area contributed by atoms with Crippen LogP contribution in [0, 0.1) is 0 Å². The molecule has 0 radical (unpaired) electrons. The molecule has 0 aliphatic rings. The number of carbonyl (C=O) groups is 2. The van der Waals surface area contributed by atoms with Crippen LogP contribution in [0.15, 0.2) is 72.8 Å². The number of alkyl halides is 3. The molecule has 0 fully saturated rings. The van der Waals surface area contributed by atoms with Crippen LogP contribution in [-0.4, -0.2) is 18.5 Å². The van der Waals surface area contributed by atoms with Gasteiger partial charge in [0.1, 0.15) is 0 Å². The molecule has 1 amide bonds. The third kappa shape index (κ3) is 5.39.